The van der Waals surface area contributed by atoms with Crippen LogP contribution in [0.3, 0.4) is 0 Å². The van der Waals surface area contributed by atoms with E-state index in [0.29, 0.717) is 22.2 Å². The highest BCUT2D eigenvalue weighted by Crippen LogP contribution is 2.39. The number of carbonyl (C=O) groups is 1. The average molecular weight is 243 g/mol. The van der Waals surface area contributed by atoms with Crippen LogP contribution in [-0.2, 0) is 4.79 Å². The number of nitrogens with two attached hydrogens (primary N) is 1. The van der Waals surface area contributed by atoms with E-state index >= 15 is 0 Å². The van der Waals surface area contributed by atoms with Crippen LogP contribution in [0.15, 0.2) is 12.1 Å². The maximum Gasteiger partial charge on any atom is 0.241 e. The van der Waals surface area contributed by atoms with Crippen LogP contribution in [0.5, 0.6) is 11.5 Å². The number of hydrogen-bond acceptors (Lipinski definition) is 4. The Morgan fingerprint density at radius 1 is 1.50 bits per heavy atom. The monoisotopic (exact) mass is 242 g/mol. The standard InChI is InChI=1S/C10H11ClN2O3/c1-5(12)10(14)13-7-3-9-8(2-6(7)11)15-4-16-9/h2-3,5H,4,12H2,1H3,(H,13,14)/t5-/m0/s1. The Hall–Kier alpha value is -1.46. The van der Waals surface area contributed by atoms with Gasteiger partial charge in [-0.15, -0.1) is 0 Å². The minimum absolute atomic E-state index is 0.163. The Bertz CT molecular complexity index is 434. The number of nitrogens with one attached hydrogen (secondary N) is 1. The van der Waals surface area contributed by atoms with E-state index in [-0.39, 0.29) is 12.7 Å². The van der Waals surface area contributed by atoms with Gasteiger partial charge in [0.2, 0.25) is 12.7 Å². The van der Waals surface area contributed by atoms with E-state index in [1.807, 2.05) is 0 Å². The van der Waals surface area contributed by atoms with Gasteiger partial charge in [-0.2, -0.15) is 0 Å². The van der Waals surface area contributed by atoms with Crippen molar-refractivity contribution < 1.29 is 14.3 Å². The number of rotatable bonds is 2. The zero-order valence-electron chi connectivity index (χ0n) is 8.62. The predicted molar refractivity (Wildman–Crippen MR) is 59.9 cm³/mol. The molecule has 0 bridgehead atoms. The molecule has 0 radical (unpaired) electrons. The van der Waals surface area contributed by atoms with Gasteiger partial charge in [0.25, 0.3) is 0 Å². The molecule has 1 heterocycles. The molecule has 86 valence electrons. The topological polar surface area (TPSA) is 73.6 Å². The summed E-state index contributed by atoms with van der Waals surface area (Å²) >= 11 is 5.97. The molecule has 6 heteroatoms. The van der Waals surface area contributed by atoms with Crippen molar-refractivity contribution in [2.45, 2.75) is 13.0 Å². The summed E-state index contributed by atoms with van der Waals surface area (Å²) < 4.78 is 10.3. The minimum Gasteiger partial charge on any atom is -0.454 e. The fourth-order valence-corrected chi connectivity index (χ4v) is 1.46. The number of anilines is 1. The molecule has 0 fully saturated rings. The summed E-state index contributed by atoms with van der Waals surface area (Å²) in [7, 11) is 0. The van der Waals surface area contributed by atoms with Gasteiger partial charge in [0.05, 0.1) is 16.8 Å². The molecule has 5 nitrogen and oxygen atoms in total. The highest BCUT2D eigenvalue weighted by atomic mass is 35.5. The SMILES string of the molecule is C[C@H](N)C(=O)Nc1cc2c(cc1Cl)OCO2. The molecule has 3 N–H and O–H groups in total. The molecule has 1 atom stereocenters. The van der Waals surface area contributed by atoms with Crippen molar-refractivity contribution in [3.05, 3.63) is 17.2 Å². The smallest absolute Gasteiger partial charge is 0.241 e. The van der Waals surface area contributed by atoms with Gasteiger partial charge in [-0.1, -0.05) is 11.6 Å². The highest BCUT2D eigenvalue weighted by Gasteiger charge is 2.18. The summed E-state index contributed by atoms with van der Waals surface area (Å²) in [6, 6.07) is 2.62. The van der Waals surface area contributed by atoms with Gasteiger partial charge in [-0.05, 0) is 6.92 Å². The lowest BCUT2D eigenvalue weighted by molar-refractivity contribution is -0.117. The normalized spacial score (nSPS) is 14.7. The number of benzene rings is 1. The van der Waals surface area contributed by atoms with E-state index in [1.54, 1.807) is 19.1 Å². The van der Waals surface area contributed by atoms with Gasteiger partial charge in [-0.25, -0.2) is 0 Å². The van der Waals surface area contributed by atoms with Gasteiger partial charge in [0, 0.05) is 12.1 Å². The second-order valence-corrected chi connectivity index (χ2v) is 3.87. The molecule has 1 aromatic carbocycles. The van der Waals surface area contributed by atoms with Crippen molar-refractivity contribution in [3.63, 3.8) is 0 Å². The Morgan fingerprint density at radius 2 is 2.12 bits per heavy atom. The van der Waals surface area contributed by atoms with Crippen molar-refractivity contribution in [1.29, 1.82) is 0 Å². The summed E-state index contributed by atoms with van der Waals surface area (Å²) in [5.74, 6) is 0.828. The van der Waals surface area contributed by atoms with E-state index in [2.05, 4.69) is 5.32 Å². The van der Waals surface area contributed by atoms with Gasteiger partial charge in [-0.3, -0.25) is 4.79 Å². The van der Waals surface area contributed by atoms with Crippen LogP contribution in [0.25, 0.3) is 0 Å². The molecule has 1 amide bonds. The molecule has 16 heavy (non-hydrogen) atoms. The molecule has 1 aliphatic heterocycles. The van der Waals surface area contributed by atoms with Crippen molar-refractivity contribution in [2.75, 3.05) is 12.1 Å². The van der Waals surface area contributed by atoms with Gasteiger partial charge >= 0.3 is 0 Å². The van der Waals surface area contributed by atoms with Gasteiger partial charge < -0.3 is 20.5 Å². The van der Waals surface area contributed by atoms with Crippen LogP contribution < -0.4 is 20.5 Å². The molecule has 1 aromatic rings. The quantitative estimate of drug-likeness (QED) is 0.821. The molecular formula is C10H11ClN2O3. The summed E-state index contributed by atoms with van der Waals surface area (Å²) in [5.41, 5.74) is 5.90. The fourth-order valence-electron chi connectivity index (χ4n) is 1.26. The molecule has 2 rings (SSSR count). The number of carbonyl (C=O) groups excluding carboxylic acids is 1. The van der Waals surface area contributed by atoms with Crippen LogP contribution in [-0.4, -0.2) is 18.7 Å². The molecule has 0 unspecified atom stereocenters. The highest BCUT2D eigenvalue weighted by molar-refractivity contribution is 6.34. The first-order valence-corrected chi connectivity index (χ1v) is 5.11. The number of halogens is 1. The van der Waals surface area contributed by atoms with Crippen LogP contribution in [0.1, 0.15) is 6.92 Å². The third-order valence-electron chi connectivity index (χ3n) is 2.13. The fraction of sp³-hybridized carbons (Fsp3) is 0.300. The van der Waals surface area contributed by atoms with Crippen molar-refractivity contribution >= 4 is 23.2 Å². The lowest BCUT2D eigenvalue weighted by Crippen LogP contribution is -2.32. The zero-order chi connectivity index (χ0) is 11.7. The van der Waals surface area contributed by atoms with Gasteiger partial charge in [0.15, 0.2) is 11.5 Å². The van der Waals surface area contributed by atoms with E-state index in [4.69, 9.17) is 26.8 Å². The number of ether oxygens (including phenoxy) is 2. The van der Waals surface area contributed by atoms with Crippen molar-refractivity contribution in [1.82, 2.24) is 0 Å². The Kier molecular flexibility index (Phi) is 2.89. The third kappa shape index (κ3) is 2.05. The van der Waals surface area contributed by atoms with Crippen molar-refractivity contribution in [2.24, 2.45) is 5.73 Å². The lowest BCUT2D eigenvalue weighted by Gasteiger charge is -2.10. The van der Waals surface area contributed by atoms with Crippen LogP contribution in [0, 0.1) is 0 Å². The van der Waals surface area contributed by atoms with Crippen LogP contribution in [0.2, 0.25) is 5.02 Å². The predicted octanol–water partition coefficient (Wildman–Crippen LogP) is 1.35. The molecule has 0 saturated heterocycles. The Balaban J connectivity index is 2.25. The minimum atomic E-state index is -0.596. The maximum atomic E-state index is 11.4. The number of hydrogen-bond donors (Lipinski definition) is 2. The maximum absolute atomic E-state index is 11.4. The largest absolute Gasteiger partial charge is 0.454 e. The summed E-state index contributed by atoms with van der Waals surface area (Å²) in [4.78, 5) is 11.4. The van der Waals surface area contributed by atoms with Crippen LogP contribution in [0.4, 0.5) is 5.69 Å². The molecule has 0 saturated carbocycles. The Labute approximate surface area is 97.5 Å². The first-order valence-electron chi connectivity index (χ1n) is 4.73. The molecule has 1 aliphatic rings. The zero-order valence-corrected chi connectivity index (χ0v) is 9.38. The van der Waals surface area contributed by atoms with E-state index in [9.17, 15) is 4.79 Å². The number of fused-ring (bicyclic) bond motifs is 1. The summed E-state index contributed by atoms with van der Waals surface area (Å²) in [6.07, 6.45) is 0. The second kappa shape index (κ2) is 4.19. The molecule has 0 aliphatic carbocycles. The summed E-state index contributed by atoms with van der Waals surface area (Å²) in [6.45, 7) is 1.76. The first kappa shape index (κ1) is 11.0. The molecule has 0 spiro atoms. The van der Waals surface area contributed by atoms with Crippen LogP contribution >= 0.6 is 11.6 Å². The number of amides is 1. The molecular weight excluding hydrogens is 232 g/mol. The Morgan fingerprint density at radius 3 is 2.75 bits per heavy atom. The average Bonchev–Trinajstić information content (AvgIpc) is 2.65. The lowest BCUT2D eigenvalue weighted by atomic mass is 10.2. The first-order chi connectivity index (χ1) is 7.58. The summed E-state index contributed by atoms with van der Waals surface area (Å²) in [5, 5.41) is 3.00. The third-order valence-corrected chi connectivity index (χ3v) is 2.45. The van der Waals surface area contributed by atoms with E-state index < -0.39 is 6.04 Å². The van der Waals surface area contributed by atoms with Gasteiger partial charge in [0.1, 0.15) is 0 Å². The van der Waals surface area contributed by atoms with E-state index in [0.717, 1.165) is 0 Å². The molecule has 0 aromatic heterocycles. The van der Waals surface area contributed by atoms with Crippen molar-refractivity contribution in [3.8, 4) is 11.5 Å². The van der Waals surface area contributed by atoms with E-state index in [1.165, 1.54) is 0 Å². The second-order valence-electron chi connectivity index (χ2n) is 3.46.